The van der Waals surface area contributed by atoms with Crippen LogP contribution >= 0.6 is 0 Å². The number of rotatable bonds is 0. The average molecular weight is 243 g/mol. The Kier molecular flexibility index (Phi) is 2.19. The molecule has 0 radical (unpaired) electrons. The van der Waals surface area contributed by atoms with Crippen molar-refractivity contribution in [1.82, 2.24) is 0 Å². The van der Waals surface area contributed by atoms with Crippen LogP contribution in [0.25, 0.3) is 10.8 Å². The molecular weight excluding hydrogens is 228 g/mol. The summed E-state index contributed by atoms with van der Waals surface area (Å²) in [6.07, 6.45) is 1.05. The molecule has 3 aromatic rings. The molecule has 0 bridgehead atoms. The van der Waals surface area contributed by atoms with Crippen molar-refractivity contribution in [2.75, 3.05) is 0 Å². The molecule has 3 aromatic carbocycles. The van der Waals surface area contributed by atoms with E-state index in [0.717, 1.165) is 6.42 Å². The lowest BCUT2D eigenvalue weighted by atomic mass is 9.77. The van der Waals surface area contributed by atoms with Gasteiger partial charge in [-0.15, -0.1) is 0 Å². The second-order valence-electron chi connectivity index (χ2n) is 5.27. The minimum atomic E-state index is 1.05. The van der Waals surface area contributed by atoms with Gasteiger partial charge in [0.15, 0.2) is 0 Å². The fraction of sp³-hybridized carbons (Fsp3) is 0.105. The highest BCUT2D eigenvalue weighted by atomic mass is 14.3. The van der Waals surface area contributed by atoms with Gasteiger partial charge in [0.05, 0.1) is 17.5 Å². The largest absolute Gasteiger partial charge is 0.0801 e. The van der Waals surface area contributed by atoms with E-state index in [-0.39, 0.29) is 0 Å². The minimum absolute atomic E-state index is 1.05. The van der Waals surface area contributed by atoms with Gasteiger partial charge in [0.1, 0.15) is 0 Å². The van der Waals surface area contributed by atoms with Crippen LogP contribution in [0.3, 0.4) is 0 Å². The lowest BCUT2D eigenvalue weighted by molar-refractivity contribution is 1.03. The molecule has 0 unspecified atom stereocenters. The molecule has 0 atom stereocenters. The van der Waals surface area contributed by atoms with Crippen LogP contribution in [0.5, 0.6) is 0 Å². The summed E-state index contributed by atoms with van der Waals surface area (Å²) in [6, 6.07) is 22.0. The van der Waals surface area contributed by atoms with Crippen molar-refractivity contribution in [2.24, 2.45) is 0 Å². The van der Waals surface area contributed by atoms with Crippen molar-refractivity contribution in [1.29, 1.82) is 0 Å². The number of fused-ring (bicyclic) bond motifs is 4. The Hall–Kier alpha value is -2.21. The van der Waals surface area contributed by atoms with Gasteiger partial charge in [-0.25, -0.2) is 0 Å². The third-order valence-electron chi connectivity index (χ3n) is 4.23. The molecule has 0 saturated heterocycles. The standard InChI is InChI=1S/C19H15/c1-13-16-8-4-3-7-15(16)12-19-17(13)11-10-14-6-2-5-9-18(14)19/h2-11H,12H2,1H3/q+1. The molecule has 0 amide bonds. The van der Waals surface area contributed by atoms with E-state index in [1.807, 2.05) is 0 Å². The Morgan fingerprint density at radius 2 is 1.58 bits per heavy atom. The first-order chi connectivity index (χ1) is 9.34. The van der Waals surface area contributed by atoms with Crippen LogP contribution in [0.4, 0.5) is 0 Å². The first kappa shape index (κ1) is 10.7. The Morgan fingerprint density at radius 3 is 2.53 bits per heavy atom. The molecule has 1 aliphatic carbocycles. The van der Waals surface area contributed by atoms with Crippen molar-refractivity contribution in [3.8, 4) is 0 Å². The van der Waals surface area contributed by atoms with E-state index >= 15 is 0 Å². The maximum Gasteiger partial charge on any atom is 0.0801 e. The molecule has 0 spiro atoms. The van der Waals surface area contributed by atoms with Crippen molar-refractivity contribution in [3.05, 3.63) is 88.8 Å². The third-order valence-corrected chi connectivity index (χ3v) is 4.23. The van der Waals surface area contributed by atoms with E-state index in [1.165, 1.54) is 38.9 Å². The van der Waals surface area contributed by atoms with Crippen LogP contribution in [-0.4, -0.2) is 0 Å². The average Bonchev–Trinajstić information content (AvgIpc) is 2.47. The highest BCUT2D eigenvalue weighted by molar-refractivity contribution is 5.89. The summed E-state index contributed by atoms with van der Waals surface area (Å²) >= 11 is 0. The lowest BCUT2D eigenvalue weighted by Gasteiger charge is -2.20. The second-order valence-corrected chi connectivity index (χ2v) is 5.27. The van der Waals surface area contributed by atoms with E-state index in [1.54, 1.807) is 0 Å². The van der Waals surface area contributed by atoms with Gasteiger partial charge in [0.2, 0.25) is 0 Å². The van der Waals surface area contributed by atoms with Gasteiger partial charge in [0.25, 0.3) is 0 Å². The van der Waals surface area contributed by atoms with Gasteiger partial charge < -0.3 is 0 Å². The number of hydrogen-bond donors (Lipinski definition) is 0. The van der Waals surface area contributed by atoms with Crippen LogP contribution < -0.4 is 0 Å². The smallest absolute Gasteiger partial charge is 0.0616 e. The van der Waals surface area contributed by atoms with Crippen molar-refractivity contribution >= 4 is 10.8 Å². The molecule has 4 rings (SSSR count). The zero-order valence-corrected chi connectivity index (χ0v) is 11.0. The van der Waals surface area contributed by atoms with E-state index in [4.69, 9.17) is 0 Å². The summed E-state index contributed by atoms with van der Waals surface area (Å²) in [5, 5.41) is 2.74. The molecule has 0 fully saturated rings. The summed E-state index contributed by atoms with van der Waals surface area (Å²) in [6.45, 7) is 2.24. The number of hydrogen-bond acceptors (Lipinski definition) is 0. The zero-order valence-electron chi connectivity index (χ0n) is 11.0. The fourth-order valence-corrected chi connectivity index (χ4v) is 3.25. The van der Waals surface area contributed by atoms with E-state index in [0.29, 0.717) is 0 Å². The highest BCUT2D eigenvalue weighted by Gasteiger charge is 2.29. The van der Waals surface area contributed by atoms with Gasteiger partial charge in [0, 0.05) is 34.6 Å². The van der Waals surface area contributed by atoms with Crippen molar-refractivity contribution in [2.45, 2.75) is 13.3 Å². The fourth-order valence-electron chi connectivity index (χ4n) is 3.25. The summed E-state index contributed by atoms with van der Waals surface area (Å²) in [4.78, 5) is 0. The summed E-state index contributed by atoms with van der Waals surface area (Å²) in [5.41, 5.74) is 5.75. The van der Waals surface area contributed by atoms with Gasteiger partial charge in [-0.1, -0.05) is 18.2 Å². The van der Waals surface area contributed by atoms with Gasteiger partial charge in [-0.3, -0.25) is 0 Å². The molecule has 0 aliphatic heterocycles. The first-order valence-electron chi connectivity index (χ1n) is 6.77. The van der Waals surface area contributed by atoms with Crippen LogP contribution in [0.2, 0.25) is 0 Å². The first-order valence-corrected chi connectivity index (χ1v) is 6.77. The highest BCUT2D eigenvalue weighted by Crippen LogP contribution is 2.38. The van der Waals surface area contributed by atoms with Gasteiger partial charge in [-0.05, 0) is 42.6 Å². The summed E-state index contributed by atoms with van der Waals surface area (Å²) in [7, 11) is 0. The van der Waals surface area contributed by atoms with E-state index in [2.05, 4.69) is 67.6 Å². The topological polar surface area (TPSA) is 0 Å². The second kappa shape index (κ2) is 3.89. The van der Waals surface area contributed by atoms with Crippen LogP contribution in [0, 0.1) is 5.92 Å². The number of benzene rings is 3. The van der Waals surface area contributed by atoms with Crippen LogP contribution in [-0.2, 0) is 6.42 Å². The molecule has 0 aromatic heterocycles. The minimum Gasteiger partial charge on any atom is -0.0616 e. The van der Waals surface area contributed by atoms with Crippen LogP contribution in [0.1, 0.15) is 29.2 Å². The van der Waals surface area contributed by atoms with E-state index < -0.39 is 0 Å². The molecular formula is C19H15+. The normalized spacial score (nSPS) is 13.2. The molecule has 19 heavy (non-hydrogen) atoms. The SMILES string of the molecule is C[C+]1c2ccccc2Cc2c1ccc1ccccc21. The third kappa shape index (κ3) is 1.50. The quantitative estimate of drug-likeness (QED) is 0.500. The summed E-state index contributed by atoms with van der Waals surface area (Å²) in [5.74, 6) is 1.41. The molecule has 90 valence electrons. The Labute approximate surface area is 113 Å². The maximum absolute atomic E-state index is 2.28. The molecule has 0 saturated carbocycles. The molecule has 0 N–H and O–H groups in total. The predicted octanol–water partition coefficient (Wildman–Crippen LogP) is 4.73. The molecule has 0 heterocycles. The molecule has 0 heteroatoms. The van der Waals surface area contributed by atoms with Gasteiger partial charge >= 0.3 is 0 Å². The maximum atomic E-state index is 2.28. The van der Waals surface area contributed by atoms with Crippen molar-refractivity contribution < 1.29 is 0 Å². The Morgan fingerprint density at radius 1 is 0.789 bits per heavy atom. The monoisotopic (exact) mass is 243 g/mol. The van der Waals surface area contributed by atoms with Gasteiger partial charge in [-0.2, -0.15) is 0 Å². The predicted molar refractivity (Wildman–Crippen MR) is 80.3 cm³/mol. The van der Waals surface area contributed by atoms with Crippen LogP contribution in [0.15, 0.2) is 60.7 Å². The Balaban J connectivity index is 2.02. The lowest BCUT2D eigenvalue weighted by Crippen LogP contribution is -2.12. The Bertz CT molecular complexity index is 768. The zero-order chi connectivity index (χ0) is 12.8. The van der Waals surface area contributed by atoms with E-state index in [9.17, 15) is 0 Å². The van der Waals surface area contributed by atoms with Crippen molar-refractivity contribution in [3.63, 3.8) is 0 Å². The molecule has 1 aliphatic rings. The summed E-state index contributed by atoms with van der Waals surface area (Å²) < 4.78 is 0. The molecule has 0 nitrogen and oxygen atoms in total.